The molecule has 3 heterocycles. The number of hydrogen-bond acceptors (Lipinski definition) is 5. The van der Waals surface area contributed by atoms with E-state index in [4.69, 9.17) is 5.73 Å². The van der Waals surface area contributed by atoms with Crippen LogP contribution in [0.2, 0.25) is 0 Å². The van der Waals surface area contributed by atoms with E-state index < -0.39 is 0 Å². The summed E-state index contributed by atoms with van der Waals surface area (Å²) in [5.41, 5.74) is 8.16. The maximum absolute atomic E-state index is 6.15. The second-order valence-electron chi connectivity index (χ2n) is 5.72. The van der Waals surface area contributed by atoms with Crippen LogP contribution < -0.4 is 10.6 Å². The molecule has 21 heavy (non-hydrogen) atoms. The minimum Gasteiger partial charge on any atom is -0.335 e. The molecule has 1 fully saturated rings. The van der Waals surface area contributed by atoms with Crippen LogP contribution >= 0.6 is 0 Å². The number of hydrogen-bond donors (Lipinski definition) is 2. The molecule has 1 aliphatic rings. The van der Waals surface area contributed by atoms with Gasteiger partial charge in [-0.2, -0.15) is 10.1 Å². The zero-order valence-electron chi connectivity index (χ0n) is 12.9. The van der Waals surface area contributed by atoms with Gasteiger partial charge in [0, 0.05) is 25.7 Å². The quantitative estimate of drug-likeness (QED) is 0.882. The first-order valence-corrected chi connectivity index (χ1v) is 7.58. The van der Waals surface area contributed by atoms with Crippen LogP contribution in [0.25, 0.3) is 11.5 Å². The minimum absolute atomic E-state index is 0.184. The highest BCUT2D eigenvalue weighted by atomic mass is 15.4. The first-order chi connectivity index (χ1) is 10.1. The fourth-order valence-corrected chi connectivity index (χ4v) is 2.87. The number of aromatic amines is 1. The van der Waals surface area contributed by atoms with Crippen LogP contribution in [-0.2, 0) is 13.5 Å². The molecule has 2 aromatic rings. The molecule has 0 aromatic carbocycles. The predicted molar refractivity (Wildman–Crippen MR) is 82.0 cm³/mol. The Kier molecular flexibility index (Phi) is 3.67. The van der Waals surface area contributed by atoms with Crippen LogP contribution in [0.5, 0.6) is 0 Å². The molecule has 7 heteroatoms. The van der Waals surface area contributed by atoms with Gasteiger partial charge in [0.05, 0.1) is 5.69 Å². The number of H-pyrrole nitrogens is 1. The third kappa shape index (κ3) is 2.53. The SMILES string of the molecule is CCc1cc(-c2nc(N3CCCC(N)C3C)n[nH]2)n(C)n1. The van der Waals surface area contributed by atoms with Crippen LogP contribution in [0.4, 0.5) is 5.95 Å². The van der Waals surface area contributed by atoms with Gasteiger partial charge in [0.15, 0.2) is 5.82 Å². The minimum atomic E-state index is 0.184. The molecule has 1 saturated heterocycles. The molecule has 114 valence electrons. The van der Waals surface area contributed by atoms with Gasteiger partial charge in [0.1, 0.15) is 5.69 Å². The highest BCUT2D eigenvalue weighted by Crippen LogP contribution is 2.23. The Labute approximate surface area is 124 Å². The van der Waals surface area contributed by atoms with Crippen molar-refractivity contribution < 1.29 is 0 Å². The van der Waals surface area contributed by atoms with Crippen molar-refractivity contribution >= 4 is 5.95 Å². The number of nitrogens with two attached hydrogens (primary N) is 1. The molecule has 2 unspecified atom stereocenters. The summed E-state index contributed by atoms with van der Waals surface area (Å²) in [5.74, 6) is 1.48. The van der Waals surface area contributed by atoms with Gasteiger partial charge < -0.3 is 10.6 Å². The number of aryl methyl sites for hydroxylation is 2. The Bertz CT molecular complexity index is 615. The fraction of sp³-hybridized carbons (Fsp3) is 0.643. The molecule has 0 bridgehead atoms. The number of piperidine rings is 1. The molecule has 3 N–H and O–H groups in total. The van der Waals surface area contributed by atoms with Gasteiger partial charge >= 0.3 is 0 Å². The maximum Gasteiger partial charge on any atom is 0.245 e. The summed E-state index contributed by atoms with van der Waals surface area (Å²) in [6, 6.07) is 2.50. The number of anilines is 1. The average Bonchev–Trinajstić information content (AvgIpc) is 3.08. The lowest BCUT2D eigenvalue weighted by Crippen LogP contribution is -2.50. The standard InChI is InChI=1S/C14H23N7/c1-4-10-8-12(20(3)19-10)13-16-14(18-17-13)21-7-5-6-11(15)9(21)2/h8-9,11H,4-7,15H2,1-3H3,(H,16,17,18). The van der Waals surface area contributed by atoms with E-state index in [1.807, 2.05) is 11.7 Å². The van der Waals surface area contributed by atoms with Gasteiger partial charge in [-0.25, -0.2) is 0 Å². The van der Waals surface area contributed by atoms with Gasteiger partial charge in [-0.05, 0) is 32.3 Å². The van der Waals surface area contributed by atoms with Gasteiger partial charge in [0.2, 0.25) is 5.95 Å². The Balaban J connectivity index is 1.87. The van der Waals surface area contributed by atoms with Crippen molar-refractivity contribution in [3.05, 3.63) is 11.8 Å². The molecule has 0 amide bonds. The van der Waals surface area contributed by atoms with Crippen LogP contribution in [0.15, 0.2) is 6.07 Å². The Hall–Kier alpha value is -1.89. The Morgan fingerprint density at radius 1 is 1.48 bits per heavy atom. The lowest BCUT2D eigenvalue weighted by Gasteiger charge is -2.36. The summed E-state index contributed by atoms with van der Waals surface area (Å²) in [6.07, 6.45) is 3.06. The predicted octanol–water partition coefficient (Wildman–Crippen LogP) is 1.08. The number of nitrogens with one attached hydrogen (secondary N) is 1. The number of aromatic nitrogens is 5. The smallest absolute Gasteiger partial charge is 0.245 e. The number of nitrogens with zero attached hydrogens (tertiary/aromatic N) is 5. The molecule has 0 aliphatic carbocycles. The van der Waals surface area contributed by atoms with Crippen LogP contribution in [0, 0.1) is 0 Å². The summed E-state index contributed by atoms with van der Waals surface area (Å²) in [7, 11) is 1.93. The van der Waals surface area contributed by atoms with E-state index in [-0.39, 0.29) is 12.1 Å². The molecule has 0 radical (unpaired) electrons. The monoisotopic (exact) mass is 289 g/mol. The van der Waals surface area contributed by atoms with Crippen molar-refractivity contribution in [1.29, 1.82) is 0 Å². The van der Waals surface area contributed by atoms with Crippen molar-refractivity contribution in [2.45, 2.75) is 45.2 Å². The average molecular weight is 289 g/mol. The van der Waals surface area contributed by atoms with Crippen molar-refractivity contribution in [1.82, 2.24) is 25.0 Å². The van der Waals surface area contributed by atoms with E-state index in [9.17, 15) is 0 Å². The zero-order chi connectivity index (χ0) is 15.0. The number of rotatable bonds is 3. The van der Waals surface area contributed by atoms with Crippen LogP contribution in [-0.4, -0.2) is 43.6 Å². The molecule has 2 aromatic heterocycles. The second-order valence-corrected chi connectivity index (χ2v) is 5.72. The van der Waals surface area contributed by atoms with Gasteiger partial charge in [-0.3, -0.25) is 9.78 Å². The van der Waals surface area contributed by atoms with Crippen molar-refractivity contribution in [3.8, 4) is 11.5 Å². The third-order valence-electron chi connectivity index (χ3n) is 4.31. The van der Waals surface area contributed by atoms with Crippen molar-refractivity contribution in [2.24, 2.45) is 12.8 Å². The lowest BCUT2D eigenvalue weighted by molar-refractivity contribution is 0.416. The van der Waals surface area contributed by atoms with Gasteiger partial charge in [-0.1, -0.05) is 6.92 Å². The van der Waals surface area contributed by atoms with Crippen LogP contribution in [0.1, 0.15) is 32.4 Å². The van der Waals surface area contributed by atoms with E-state index in [1.54, 1.807) is 0 Å². The van der Waals surface area contributed by atoms with Gasteiger partial charge in [-0.15, -0.1) is 5.10 Å². The van der Waals surface area contributed by atoms with E-state index in [1.165, 1.54) is 0 Å². The zero-order valence-corrected chi connectivity index (χ0v) is 12.9. The summed E-state index contributed by atoms with van der Waals surface area (Å²) in [4.78, 5) is 6.83. The molecular weight excluding hydrogens is 266 g/mol. The third-order valence-corrected chi connectivity index (χ3v) is 4.31. The summed E-state index contributed by atoms with van der Waals surface area (Å²) in [5, 5.41) is 11.8. The van der Waals surface area contributed by atoms with Crippen LogP contribution in [0.3, 0.4) is 0 Å². The maximum atomic E-state index is 6.15. The van der Waals surface area contributed by atoms with E-state index in [0.29, 0.717) is 0 Å². The molecule has 2 atom stereocenters. The highest BCUT2D eigenvalue weighted by Gasteiger charge is 2.28. The molecule has 7 nitrogen and oxygen atoms in total. The summed E-state index contributed by atoms with van der Waals surface area (Å²) >= 11 is 0. The van der Waals surface area contributed by atoms with Crippen molar-refractivity contribution in [3.63, 3.8) is 0 Å². The fourth-order valence-electron chi connectivity index (χ4n) is 2.87. The highest BCUT2D eigenvalue weighted by molar-refractivity contribution is 5.52. The Morgan fingerprint density at radius 2 is 2.29 bits per heavy atom. The largest absolute Gasteiger partial charge is 0.335 e. The van der Waals surface area contributed by atoms with E-state index in [0.717, 1.165) is 49.0 Å². The van der Waals surface area contributed by atoms with E-state index in [2.05, 4.69) is 45.1 Å². The molecule has 0 saturated carbocycles. The Morgan fingerprint density at radius 3 is 3.00 bits per heavy atom. The van der Waals surface area contributed by atoms with E-state index >= 15 is 0 Å². The summed E-state index contributed by atoms with van der Waals surface area (Å²) in [6.45, 7) is 5.19. The van der Waals surface area contributed by atoms with Gasteiger partial charge in [0.25, 0.3) is 0 Å². The van der Waals surface area contributed by atoms with Crippen molar-refractivity contribution in [2.75, 3.05) is 11.4 Å². The molecular formula is C14H23N7. The summed E-state index contributed by atoms with van der Waals surface area (Å²) < 4.78 is 1.84. The normalized spacial score (nSPS) is 22.8. The first-order valence-electron chi connectivity index (χ1n) is 7.58. The second kappa shape index (κ2) is 5.48. The molecule has 3 rings (SSSR count). The molecule has 1 aliphatic heterocycles. The molecule has 0 spiro atoms. The first kappa shape index (κ1) is 14.1. The topological polar surface area (TPSA) is 88.7 Å². The lowest BCUT2D eigenvalue weighted by atomic mass is 9.99.